The van der Waals surface area contributed by atoms with Crippen LogP contribution in [0.25, 0.3) is 11.0 Å². The minimum Gasteiger partial charge on any atom is -0.507 e. The van der Waals surface area contributed by atoms with Gasteiger partial charge in [-0.3, -0.25) is 14.4 Å². The summed E-state index contributed by atoms with van der Waals surface area (Å²) < 4.78 is 5.79. The molecule has 0 amide bonds. The van der Waals surface area contributed by atoms with Crippen molar-refractivity contribution in [3.63, 3.8) is 0 Å². The van der Waals surface area contributed by atoms with Crippen LogP contribution in [-0.4, -0.2) is 37.5 Å². The second kappa shape index (κ2) is 7.81. The standard InChI is InChI=1S/C27H25N3O6/c1-11-6-7-15-16(8-11)30-19(29-15)10-28-13(3)20-17(32)9-18-27(5,26(20)35)22-24(34)12(2)23(33)21(14(4)31)25(22)36-18/h6-9,28,33-34H,10H2,1-5H3,(H,29,30). The Bertz CT molecular complexity index is 1590. The van der Waals surface area contributed by atoms with E-state index in [1.807, 2.05) is 25.1 Å². The Labute approximate surface area is 206 Å². The summed E-state index contributed by atoms with van der Waals surface area (Å²) in [4.78, 5) is 46.9. The van der Waals surface area contributed by atoms with Gasteiger partial charge in [0.2, 0.25) is 0 Å². The van der Waals surface area contributed by atoms with E-state index in [4.69, 9.17) is 4.74 Å². The van der Waals surface area contributed by atoms with E-state index >= 15 is 0 Å². The largest absolute Gasteiger partial charge is 0.507 e. The molecular formula is C27H25N3O6. The first-order valence-corrected chi connectivity index (χ1v) is 11.4. The molecule has 0 fully saturated rings. The highest BCUT2D eigenvalue weighted by Crippen LogP contribution is 2.57. The molecule has 1 aliphatic carbocycles. The summed E-state index contributed by atoms with van der Waals surface area (Å²) in [6.45, 7) is 8.09. The molecule has 1 unspecified atom stereocenters. The zero-order valence-corrected chi connectivity index (χ0v) is 20.5. The van der Waals surface area contributed by atoms with E-state index in [1.165, 1.54) is 26.8 Å². The number of fused-ring (bicyclic) bond motifs is 4. The number of H-pyrrole nitrogens is 1. The molecule has 0 saturated heterocycles. The lowest BCUT2D eigenvalue weighted by molar-refractivity contribution is -0.123. The van der Waals surface area contributed by atoms with Gasteiger partial charge in [-0.05, 0) is 52.3 Å². The Hall–Kier alpha value is -4.40. The molecule has 1 atom stereocenters. The summed E-state index contributed by atoms with van der Waals surface area (Å²) in [5.41, 5.74) is 1.47. The van der Waals surface area contributed by atoms with Crippen LogP contribution < -0.4 is 10.1 Å². The first-order chi connectivity index (χ1) is 16.9. The van der Waals surface area contributed by atoms with Gasteiger partial charge in [0.05, 0.1) is 28.7 Å². The smallest absolute Gasteiger partial charge is 0.194 e. The van der Waals surface area contributed by atoms with E-state index in [2.05, 4.69) is 15.3 Å². The fourth-order valence-electron chi connectivity index (χ4n) is 4.93. The number of nitrogens with zero attached hydrogens (tertiary/aromatic N) is 1. The molecule has 5 rings (SSSR count). The number of imidazole rings is 1. The quantitative estimate of drug-likeness (QED) is 0.249. The lowest BCUT2D eigenvalue weighted by Crippen LogP contribution is -2.41. The number of aryl methyl sites for hydroxylation is 1. The highest BCUT2D eigenvalue weighted by Gasteiger charge is 2.56. The normalized spacial score (nSPS) is 20.1. The van der Waals surface area contributed by atoms with E-state index in [0.717, 1.165) is 16.6 Å². The van der Waals surface area contributed by atoms with Gasteiger partial charge in [0, 0.05) is 17.3 Å². The van der Waals surface area contributed by atoms with E-state index in [-0.39, 0.29) is 46.1 Å². The Balaban J connectivity index is 1.56. The lowest BCUT2D eigenvalue weighted by Gasteiger charge is -2.29. The van der Waals surface area contributed by atoms with Gasteiger partial charge < -0.3 is 25.3 Å². The number of Topliss-reactive ketones (excluding diaryl/α,β-unsaturated/α-hetero) is 2. The number of carbonyl (C=O) groups excluding carboxylic acids is 3. The third-order valence-corrected chi connectivity index (χ3v) is 6.97. The van der Waals surface area contributed by atoms with Gasteiger partial charge in [-0.1, -0.05) is 6.07 Å². The van der Waals surface area contributed by atoms with Gasteiger partial charge in [0.25, 0.3) is 0 Å². The van der Waals surface area contributed by atoms with Crippen LogP contribution in [0.2, 0.25) is 0 Å². The third-order valence-electron chi connectivity index (χ3n) is 6.97. The minimum absolute atomic E-state index is 0.000459. The molecule has 1 aromatic heterocycles. The van der Waals surface area contributed by atoms with Gasteiger partial charge in [0.1, 0.15) is 39.8 Å². The second-order valence-electron chi connectivity index (χ2n) is 9.44. The maximum atomic E-state index is 13.8. The van der Waals surface area contributed by atoms with E-state index in [0.29, 0.717) is 11.5 Å². The average molecular weight is 488 g/mol. The number of phenolic OH excluding ortho intramolecular Hbond substituents is 2. The second-order valence-corrected chi connectivity index (χ2v) is 9.44. The van der Waals surface area contributed by atoms with Gasteiger partial charge in [-0.2, -0.15) is 0 Å². The van der Waals surface area contributed by atoms with Crippen molar-refractivity contribution in [2.75, 3.05) is 0 Å². The number of allylic oxidation sites excluding steroid dienone is 4. The number of aromatic amines is 1. The molecule has 2 aromatic carbocycles. The minimum atomic E-state index is -1.55. The summed E-state index contributed by atoms with van der Waals surface area (Å²) in [6.07, 6.45) is 1.20. The fraction of sp³-hybridized carbons (Fsp3) is 0.259. The number of benzene rings is 2. The Morgan fingerprint density at radius 3 is 2.58 bits per heavy atom. The highest BCUT2D eigenvalue weighted by atomic mass is 16.5. The van der Waals surface area contributed by atoms with E-state index in [1.54, 1.807) is 6.92 Å². The summed E-state index contributed by atoms with van der Waals surface area (Å²) in [7, 11) is 0. The summed E-state index contributed by atoms with van der Waals surface area (Å²) in [5, 5.41) is 24.5. The molecule has 2 heterocycles. The number of hydrogen-bond acceptors (Lipinski definition) is 8. The predicted octanol–water partition coefficient (Wildman–Crippen LogP) is 3.54. The number of aromatic nitrogens is 2. The zero-order valence-electron chi connectivity index (χ0n) is 20.5. The lowest BCUT2D eigenvalue weighted by atomic mass is 9.70. The molecular weight excluding hydrogens is 462 g/mol. The van der Waals surface area contributed by atoms with Crippen molar-refractivity contribution in [3.8, 4) is 17.2 Å². The maximum absolute atomic E-state index is 13.8. The number of ketones is 3. The Morgan fingerprint density at radius 1 is 1.17 bits per heavy atom. The molecule has 0 spiro atoms. The number of nitrogens with one attached hydrogen (secondary N) is 2. The van der Waals surface area contributed by atoms with Crippen molar-refractivity contribution < 1.29 is 29.3 Å². The van der Waals surface area contributed by atoms with Crippen LogP contribution >= 0.6 is 0 Å². The number of rotatable bonds is 4. The van der Waals surface area contributed by atoms with E-state index in [9.17, 15) is 24.6 Å². The van der Waals surface area contributed by atoms with Crippen LogP contribution in [0.1, 0.15) is 53.6 Å². The number of phenols is 2. The van der Waals surface area contributed by atoms with Crippen LogP contribution in [0.15, 0.2) is 41.3 Å². The van der Waals surface area contributed by atoms with Crippen molar-refractivity contribution in [1.29, 1.82) is 0 Å². The molecule has 4 N–H and O–H groups in total. The van der Waals surface area contributed by atoms with Crippen LogP contribution in [0.4, 0.5) is 0 Å². The van der Waals surface area contributed by atoms with Gasteiger partial charge >= 0.3 is 0 Å². The first-order valence-electron chi connectivity index (χ1n) is 11.4. The number of aromatic hydroxyl groups is 2. The van der Waals surface area contributed by atoms with Crippen molar-refractivity contribution in [2.45, 2.75) is 46.6 Å². The Morgan fingerprint density at radius 2 is 1.89 bits per heavy atom. The topological polar surface area (TPSA) is 142 Å². The van der Waals surface area contributed by atoms with Gasteiger partial charge in [0.15, 0.2) is 17.3 Å². The number of hydrogen-bond donors (Lipinski definition) is 4. The van der Waals surface area contributed by atoms with Crippen LogP contribution in [-0.2, 0) is 21.5 Å². The monoisotopic (exact) mass is 487 g/mol. The molecule has 0 radical (unpaired) electrons. The van der Waals surface area contributed by atoms with Gasteiger partial charge in [-0.25, -0.2) is 4.98 Å². The number of carbonyl (C=O) groups is 3. The third kappa shape index (κ3) is 3.16. The molecule has 2 aliphatic rings. The first kappa shape index (κ1) is 23.3. The van der Waals surface area contributed by atoms with Crippen LogP contribution in [0.5, 0.6) is 17.2 Å². The molecule has 184 valence electrons. The summed E-state index contributed by atoms with van der Waals surface area (Å²) in [5.74, 6) is -1.89. The van der Waals surface area contributed by atoms with Crippen molar-refractivity contribution >= 4 is 28.4 Å². The van der Waals surface area contributed by atoms with E-state index < -0.39 is 28.5 Å². The fourth-order valence-corrected chi connectivity index (χ4v) is 4.93. The van der Waals surface area contributed by atoms with Crippen molar-refractivity contribution in [3.05, 3.63) is 69.4 Å². The van der Waals surface area contributed by atoms with Crippen molar-refractivity contribution in [1.82, 2.24) is 15.3 Å². The molecule has 0 saturated carbocycles. The zero-order chi connectivity index (χ0) is 26.1. The summed E-state index contributed by atoms with van der Waals surface area (Å²) in [6, 6.07) is 5.86. The molecule has 1 aliphatic heterocycles. The molecule has 36 heavy (non-hydrogen) atoms. The van der Waals surface area contributed by atoms with Crippen molar-refractivity contribution in [2.24, 2.45) is 0 Å². The molecule has 0 bridgehead atoms. The summed E-state index contributed by atoms with van der Waals surface area (Å²) >= 11 is 0. The molecule has 9 heteroatoms. The van der Waals surface area contributed by atoms with Crippen LogP contribution in [0, 0.1) is 13.8 Å². The highest BCUT2D eigenvalue weighted by molar-refractivity contribution is 6.31. The molecule has 3 aromatic rings. The van der Waals surface area contributed by atoms with Crippen LogP contribution in [0.3, 0.4) is 0 Å². The Kier molecular flexibility index (Phi) is 5.06. The molecule has 9 nitrogen and oxygen atoms in total. The average Bonchev–Trinajstić information content (AvgIpc) is 3.34. The maximum Gasteiger partial charge on any atom is 0.194 e. The van der Waals surface area contributed by atoms with Gasteiger partial charge in [-0.15, -0.1) is 0 Å². The predicted molar refractivity (Wildman–Crippen MR) is 131 cm³/mol. The number of ether oxygens (including phenoxy) is 1. The SMILES string of the molecule is CC(=O)c1c(O)c(C)c(O)c2c1OC1=CC(=O)C(=C(C)NCc3nc4ccc(C)cc4[nH]3)C(=O)C12C.